The first-order valence-corrected chi connectivity index (χ1v) is 12.1. The molecule has 7 nitrogen and oxygen atoms in total. The molecule has 1 aliphatic rings. The van der Waals surface area contributed by atoms with Crippen molar-refractivity contribution in [1.29, 1.82) is 0 Å². The summed E-state index contributed by atoms with van der Waals surface area (Å²) in [5, 5.41) is 1.04. The molecular weight excluding hydrogens is 481 g/mol. The van der Waals surface area contributed by atoms with Gasteiger partial charge in [0.2, 0.25) is 6.10 Å². The topological polar surface area (TPSA) is 94.6 Å². The highest BCUT2D eigenvalue weighted by molar-refractivity contribution is 7.92. The second-order valence-corrected chi connectivity index (χ2v) is 10.3. The number of nitrogens with zero attached hydrogens (tertiary/aromatic N) is 1. The van der Waals surface area contributed by atoms with Crippen LogP contribution in [0.15, 0.2) is 53.6 Å². The predicted molar refractivity (Wildman–Crippen MR) is 113 cm³/mol. The van der Waals surface area contributed by atoms with E-state index in [1.165, 1.54) is 24.3 Å². The van der Waals surface area contributed by atoms with E-state index in [0.29, 0.717) is 30.4 Å². The Bertz CT molecular complexity index is 1260. The minimum atomic E-state index is -3.64. The second-order valence-electron chi connectivity index (χ2n) is 7.13. The Hall–Kier alpha value is -2.96. The average Bonchev–Trinajstić information content (AvgIpc) is 3.46. The highest BCUT2D eigenvalue weighted by atomic mass is 32.2. The number of anilines is 1. The van der Waals surface area contributed by atoms with Crippen molar-refractivity contribution >= 4 is 32.2 Å². The number of sulfone groups is 1. The summed E-state index contributed by atoms with van der Waals surface area (Å²) in [5.74, 6) is -3.08. The smallest absolute Gasteiger partial charge is 0.271 e. The first kappa shape index (κ1) is 23.2. The molecule has 33 heavy (non-hydrogen) atoms. The predicted octanol–water partition coefficient (Wildman–Crippen LogP) is 3.88. The molecule has 1 aliphatic heterocycles. The molecule has 2 atom stereocenters. The average molecular weight is 499 g/mol. The van der Waals surface area contributed by atoms with Crippen LogP contribution in [-0.2, 0) is 19.4 Å². The number of ether oxygens (including phenoxy) is 2. The van der Waals surface area contributed by atoms with E-state index >= 15 is 0 Å². The van der Waals surface area contributed by atoms with Gasteiger partial charge < -0.3 is 9.47 Å². The Labute approximate surface area is 191 Å². The SMILES string of the molecule is O=C(Nc1ncc(F)s1)C(Oc1ccc(F)cc1F)c1ccc(S(=O)(=O)C2CCOC2)cc1. The fourth-order valence-electron chi connectivity index (χ4n) is 3.24. The fraction of sp³-hybridized carbons (Fsp3) is 0.238. The van der Waals surface area contributed by atoms with Crippen molar-refractivity contribution in [2.24, 2.45) is 0 Å². The van der Waals surface area contributed by atoms with Gasteiger partial charge in [-0.25, -0.2) is 22.2 Å². The van der Waals surface area contributed by atoms with Gasteiger partial charge in [-0.3, -0.25) is 10.1 Å². The van der Waals surface area contributed by atoms with Gasteiger partial charge in [0, 0.05) is 18.2 Å². The summed E-state index contributed by atoms with van der Waals surface area (Å²) >= 11 is 0.580. The largest absolute Gasteiger partial charge is 0.473 e. The molecule has 1 fully saturated rings. The van der Waals surface area contributed by atoms with Crippen molar-refractivity contribution in [2.45, 2.75) is 22.7 Å². The molecule has 2 aromatic carbocycles. The lowest BCUT2D eigenvalue weighted by Crippen LogP contribution is -2.26. The van der Waals surface area contributed by atoms with Gasteiger partial charge in [-0.1, -0.05) is 23.5 Å². The van der Waals surface area contributed by atoms with Crippen molar-refractivity contribution < 1.29 is 35.9 Å². The number of rotatable bonds is 7. The van der Waals surface area contributed by atoms with Crippen LogP contribution in [0.3, 0.4) is 0 Å². The summed E-state index contributed by atoms with van der Waals surface area (Å²) < 4.78 is 76.8. The van der Waals surface area contributed by atoms with E-state index in [0.717, 1.165) is 18.3 Å². The lowest BCUT2D eigenvalue weighted by molar-refractivity contribution is -0.123. The van der Waals surface area contributed by atoms with Gasteiger partial charge in [0.1, 0.15) is 5.82 Å². The number of amides is 1. The zero-order valence-corrected chi connectivity index (χ0v) is 18.5. The van der Waals surface area contributed by atoms with Crippen molar-refractivity contribution in [2.75, 3.05) is 18.5 Å². The number of hydrogen-bond donors (Lipinski definition) is 1. The van der Waals surface area contributed by atoms with Crippen LogP contribution in [-0.4, -0.2) is 37.8 Å². The molecule has 0 spiro atoms. The number of benzene rings is 2. The van der Waals surface area contributed by atoms with Crippen LogP contribution in [0.1, 0.15) is 18.1 Å². The van der Waals surface area contributed by atoms with Crippen molar-refractivity contribution in [3.05, 3.63) is 71.0 Å². The maximum atomic E-state index is 14.2. The maximum Gasteiger partial charge on any atom is 0.271 e. The number of halogens is 3. The second kappa shape index (κ2) is 9.49. The molecule has 4 rings (SSSR count). The number of nitrogens with one attached hydrogen (secondary N) is 1. The lowest BCUT2D eigenvalue weighted by atomic mass is 10.1. The van der Waals surface area contributed by atoms with Crippen LogP contribution in [0.2, 0.25) is 0 Å². The number of aromatic nitrogens is 1. The quantitative estimate of drug-likeness (QED) is 0.531. The third-order valence-corrected chi connectivity index (χ3v) is 7.80. The van der Waals surface area contributed by atoms with E-state index in [2.05, 4.69) is 10.3 Å². The normalized spacial score (nSPS) is 17.0. The number of hydrogen-bond acceptors (Lipinski definition) is 7. The van der Waals surface area contributed by atoms with Crippen LogP contribution in [0.25, 0.3) is 0 Å². The minimum absolute atomic E-state index is 0.0378. The first-order valence-electron chi connectivity index (χ1n) is 9.69. The number of carbonyl (C=O) groups is 1. The maximum absolute atomic E-state index is 14.2. The number of thiazole rings is 1. The van der Waals surface area contributed by atoms with Gasteiger partial charge in [0.25, 0.3) is 5.91 Å². The molecule has 0 radical (unpaired) electrons. The van der Waals surface area contributed by atoms with Gasteiger partial charge in [0.05, 0.1) is 22.9 Å². The van der Waals surface area contributed by atoms with E-state index in [1.807, 2.05) is 0 Å². The zero-order chi connectivity index (χ0) is 23.6. The molecule has 1 amide bonds. The third kappa shape index (κ3) is 5.18. The Kier molecular flexibility index (Phi) is 6.68. The summed E-state index contributed by atoms with van der Waals surface area (Å²) in [6.45, 7) is 0.463. The molecule has 0 saturated carbocycles. The Morgan fingerprint density at radius 3 is 2.55 bits per heavy atom. The molecule has 1 aromatic heterocycles. The van der Waals surface area contributed by atoms with Crippen molar-refractivity contribution in [1.82, 2.24) is 4.98 Å². The molecule has 1 N–H and O–H groups in total. The van der Waals surface area contributed by atoms with E-state index in [4.69, 9.17) is 9.47 Å². The first-order chi connectivity index (χ1) is 15.7. The van der Waals surface area contributed by atoms with E-state index in [9.17, 15) is 26.4 Å². The van der Waals surface area contributed by atoms with E-state index in [-0.39, 0.29) is 22.2 Å². The molecule has 1 saturated heterocycles. The molecule has 0 aliphatic carbocycles. The van der Waals surface area contributed by atoms with Gasteiger partial charge in [-0.05, 0) is 30.7 Å². The summed E-state index contributed by atoms with van der Waals surface area (Å²) in [6, 6.07) is 7.93. The summed E-state index contributed by atoms with van der Waals surface area (Å²) in [6.07, 6.45) is -0.169. The molecule has 174 valence electrons. The third-order valence-electron chi connectivity index (χ3n) is 4.92. The molecule has 3 aromatic rings. The zero-order valence-electron chi connectivity index (χ0n) is 16.8. The summed E-state index contributed by atoms with van der Waals surface area (Å²) in [4.78, 5) is 16.6. The minimum Gasteiger partial charge on any atom is -0.473 e. The van der Waals surface area contributed by atoms with Crippen LogP contribution >= 0.6 is 11.3 Å². The number of carbonyl (C=O) groups excluding carboxylic acids is 1. The van der Waals surface area contributed by atoms with Crippen LogP contribution < -0.4 is 10.1 Å². The summed E-state index contributed by atoms with van der Waals surface area (Å²) in [5.41, 5.74) is 0.190. The highest BCUT2D eigenvalue weighted by Crippen LogP contribution is 2.29. The van der Waals surface area contributed by atoms with Gasteiger partial charge in [-0.2, -0.15) is 4.39 Å². The van der Waals surface area contributed by atoms with Crippen LogP contribution in [0.5, 0.6) is 5.75 Å². The van der Waals surface area contributed by atoms with Gasteiger partial charge in [0.15, 0.2) is 31.7 Å². The summed E-state index contributed by atoms with van der Waals surface area (Å²) in [7, 11) is -3.64. The van der Waals surface area contributed by atoms with Crippen molar-refractivity contribution in [3.63, 3.8) is 0 Å². The highest BCUT2D eigenvalue weighted by Gasteiger charge is 2.32. The molecule has 0 bridgehead atoms. The Morgan fingerprint density at radius 2 is 1.94 bits per heavy atom. The van der Waals surface area contributed by atoms with Crippen LogP contribution in [0, 0.1) is 16.8 Å². The monoisotopic (exact) mass is 498 g/mol. The van der Waals surface area contributed by atoms with Crippen molar-refractivity contribution in [3.8, 4) is 5.75 Å². The van der Waals surface area contributed by atoms with Crippen LogP contribution in [0.4, 0.5) is 18.3 Å². The molecular formula is C21H17F3N2O5S2. The van der Waals surface area contributed by atoms with Gasteiger partial charge in [-0.15, -0.1) is 0 Å². The Balaban J connectivity index is 1.63. The fourth-order valence-corrected chi connectivity index (χ4v) is 5.37. The molecule has 2 heterocycles. The van der Waals surface area contributed by atoms with E-state index in [1.54, 1.807) is 0 Å². The van der Waals surface area contributed by atoms with Gasteiger partial charge >= 0.3 is 0 Å². The van der Waals surface area contributed by atoms with E-state index < -0.39 is 49.6 Å². The molecule has 2 unspecified atom stereocenters. The molecule has 12 heteroatoms. The lowest BCUT2D eigenvalue weighted by Gasteiger charge is -2.19. The Morgan fingerprint density at radius 1 is 1.18 bits per heavy atom. The standard InChI is InChI=1S/C21H17F3N2O5S2/c22-13-3-6-17(16(23)9-13)31-19(20(27)26-21-25-10-18(24)32-21)12-1-4-14(5-2-12)33(28,29)15-7-8-30-11-15/h1-6,9-10,15,19H,7-8,11H2,(H,25,26,27).